The highest BCUT2D eigenvalue weighted by Crippen LogP contribution is 2.36. The van der Waals surface area contributed by atoms with E-state index in [1.54, 1.807) is 0 Å². The van der Waals surface area contributed by atoms with Crippen LogP contribution in [0.5, 0.6) is 0 Å². The lowest BCUT2D eigenvalue weighted by Gasteiger charge is -2.19. The average Bonchev–Trinajstić information content (AvgIpc) is 3.17. The highest BCUT2D eigenvalue weighted by molar-refractivity contribution is 6.28. The van der Waals surface area contributed by atoms with Gasteiger partial charge in [0.05, 0.1) is 11.3 Å². The van der Waals surface area contributed by atoms with Gasteiger partial charge in [-0.3, -0.25) is 19.4 Å². The molecule has 0 saturated carbocycles. The molecule has 0 aliphatic carbocycles. The van der Waals surface area contributed by atoms with Crippen molar-refractivity contribution < 1.29 is 14.7 Å². The number of H-pyrrole nitrogens is 1. The Labute approximate surface area is 253 Å². The largest absolute Gasteiger partial charge is 0.478 e. The molecule has 9 heteroatoms. The van der Waals surface area contributed by atoms with E-state index in [4.69, 9.17) is 10.7 Å². The molecule has 1 amide bonds. The summed E-state index contributed by atoms with van der Waals surface area (Å²) in [6.07, 6.45) is 0. The lowest BCUT2D eigenvalue weighted by molar-refractivity contribution is 0.0697. The smallest absolute Gasteiger partial charge is 0.336 e. The Hall–Kier alpha value is -5.31. The van der Waals surface area contributed by atoms with Gasteiger partial charge in [-0.2, -0.15) is 0 Å². The molecule has 0 fully saturated rings. The maximum atomic E-state index is 14.1. The molecule has 0 saturated heterocycles. The van der Waals surface area contributed by atoms with E-state index in [2.05, 4.69) is 10.3 Å². The third-order valence-corrected chi connectivity index (χ3v) is 8.02. The summed E-state index contributed by atoms with van der Waals surface area (Å²) in [6, 6.07) is 15.5. The first-order valence-corrected chi connectivity index (χ1v) is 14.4. The molecular weight excluding hydrogens is 556 g/mol. The van der Waals surface area contributed by atoms with Crippen LogP contribution in [0, 0.1) is 13.8 Å². The summed E-state index contributed by atoms with van der Waals surface area (Å²) in [5.41, 5.74) is 9.38. The van der Waals surface area contributed by atoms with Crippen molar-refractivity contribution in [2.75, 3.05) is 5.32 Å². The number of hydrogen-bond donors (Lipinski definition) is 4. The second-order valence-corrected chi connectivity index (χ2v) is 11.7. The number of nitrogens with one attached hydrogen (secondary N) is 2. The molecule has 2 bridgehead atoms. The van der Waals surface area contributed by atoms with Crippen LogP contribution in [0.25, 0.3) is 21.5 Å². The predicted octanol–water partition coefficient (Wildman–Crippen LogP) is 6.33. The van der Waals surface area contributed by atoms with Crippen LogP contribution in [0.3, 0.4) is 0 Å². The first-order valence-electron chi connectivity index (χ1n) is 14.4. The molecule has 224 valence electrons. The first kappa shape index (κ1) is 30.2. The van der Waals surface area contributed by atoms with Gasteiger partial charge in [0.15, 0.2) is 0 Å². The van der Waals surface area contributed by atoms with E-state index >= 15 is 0 Å². The van der Waals surface area contributed by atoms with E-state index in [9.17, 15) is 24.3 Å². The predicted molar refractivity (Wildman–Crippen MR) is 175 cm³/mol. The van der Waals surface area contributed by atoms with Crippen LogP contribution in [-0.2, 0) is 0 Å². The van der Waals surface area contributed by atoms with Gasteiger partial charge in [0.2, 0.25) is 0 Å². The number of carbonyl (C=O) groups is 2. The zero-order valence-electron chi connectivity index (χ0n) is 25.5. The molecular formula is C35H34N4O5. The molecule has 5 N–H and O–H groups in total. The first-order chi connectivity index (χ1) is 20.8. The van der Waals surface area contributed by atoms with Crippen molar-refractivity contribution in [1.82, 2.24) is 4.98 Å². The third-order valence-electron chi connectivity index (χ3n) is 8.02. The van der Waals surface area contributed by atoms with Crippen LogP contribution in [0.15, 0.2) is 69.2 Å². The molecule has 44 heavy (non-hydrogen) atoms. The maximum Gasteiger partial charge on any atom is 0.336 e. The number of rotatable bonds is 7. The summed E-state index contributed by atoms with van der Waals surface area (Å²) in [5, 5.41) is 13.7. The molecule has 0 unspecified atom stereocenters. The van der Waals surface area contributed by atoms with Gasteiger partial charge in [0.1, 0.15) is 5.84 Å². The zero-order valence-corrected chi connectivity index (χ0v) is 25.5. The Kier molecular flexibility index (Phi) is 7.82. The second kappa shape index (κ2) is 11.4. The number of amides is 1. The minimum Gasteiger partial charge on any atom is -0.478 e. The Balaban J connectivity index is 1.89. The van der Waals surface area contributed by atoms with E-state index in [-0.39, 0.29) is 55.9 Å². The number of anilines is 1. The minimum atomic E-state index is -1.37. The van der Waals surface area contributed by atoms with Crippen LogP contribution in [0.4, 0.5) is 11.4 Å². The van der Waals surface area contributed by atoms with Crippen LogP contribution < -0.4 is 22.2 Å². The van der Waals surface area contributed by atoms with E-state index < -0.39 is 23.0 Å². The summed E-state index contributed by atoms with van der Waals surface area (Å²) in [4.78, 5) is 60.4. The molecule has 2 aromatic heterocycles. The van der Waals surface area contributed by atoms with Crippen molar-refractivity contribution in [3.05, 3.63) is 114 Å². The third kappa shape index (κ3) is 5.10. The van der Waals surface area contributed by atoms with Gasteiger partial charge in [-0.1, -0.05) is 64.1 Å². The minimum absolute atomic E-state index is 0.00697. The molecule has 0 atom stereocenters. The number of hydrogen-bond acceptors (Lipinski definition) is 5. The SMILES string of the molecule is Cc1cccc(C(C)C)c1N=C(N)c1c(C(=O)O)cc(C(=O)Nc2c(C)cccc2C(C)C)c2c3ccc(c(=O)[nH]c3=O)c12. The number of carboxylic acids is 1. The number of nitrogens with two attached hydrogens (primary N) is 1. The lowest BCUT2D eigenvalue weighted by atomic mass is 9.90. The molecule has 0 radical (unpaired) electrons. The van der Waals surface area contributed by atoms with Gasteiger partial charge < -0.3 is 16.2 Å². The van der Waals surface area contributed by atoms with E-state index in [1.807, 2.05) is 77.9 Å². The number of para-hydroxylation sites is 2. The number of aliphatic imine (C=N–C) groups is 1. The summed E-state index contributed by atoms with van der Waals surface area (Å²) in [7, 11) is 0. The Bertz CT molecular complexity index is 2130. The number of aromatic carboxylic acids is 1. The van der Waals surface area contributed by atoms with Crippen LogP contribution in [0.1, 0.15) is 88.1 Å². The molecule has 6 aromatic rings. The summed E-state index contributed by atoms with van der Waals surface area (Å²) in [5.74, 6) is -1.98. The van der Waals surface area contributed by atoms with E-state index in [0.717, 1.165) is 22.3 Å². The Morgan fingerprint density at radius 1 is 0.818 bits per heavy atom. The number of aromatic amines is 1. The number of nitrogens with zero attached hydrogens (tertiary/aromatic N) is 1. The van der Waals surface area contributed by atoms with E-state index in [0.29, 0.717) is 11.4 Å². The number of carbonyl (C=O) groups excluding carboxylic acids is 1. The Morgan fingerprint density at radius 3 is 1.98 bits per heavy atom. The second-order valence-electron chi connectivity index (χ2n) is 11.7. The van der Waals surface area contributed by atoms with Crippen LogP contribution in [0.2, 0.25) is 0 Å². The number of carboxylic acid groups (broad SMARTS) is 1. The maximum absolute atomic E-state index is 14.1. The van der Waals surface area contributed by atoms with Crippen molar-refractivity contribution in [2.24, 2.45) is 10.7 Å². The fourth-order valence-corrected chi connectivity index (χ4v) is 5.80. The van der Waals surface area contributed by atoms with Crippen molar-refractivity contribution in [1.29, 1.82) is 0 Å². The molecule has 0 aliphatic rings. The summed E-state index contributed by atoms with van der Waals surface area (Å²) in [6.45, 7) is 11.8. The van der Waals surface area contributed by atoms with Gasteiger partial charge in [-0.25, -0.2) is 9.79 Å². The van der Waals surface area contributed by atoms with Crippen molar-refractivity contribution in [2.45, 2.75) is 53.4 Å². The van der Waals surface area contributed by atoms with Crippen molar-refractivity contribution >= 4 is 50.6 Å². The average molecular weight is 591 g/mol. The normalized spacial score (nSPS) is 12.0. The number of aromatic nitrogens is 1. The van der Waals surface area contributed by atoms with Gasteiger partial charge in [-0.15, -0.1) is 0 Å². The summed E-state index contributed by atoms with van der Waals surface area (Å²) >= 11 is 0. The van der Waals surface area contributed by atoms with Gasteiger partial charge in [0, 0.05) is 38.4 Å². The van der Waals surface area contributed by atoms with Gasteiger partial charge >= 0.3 is 5.97 Å². The van der Waals surface area contributed by atoms with Crippen molar-refractivity contribution in [3.63, 3.8) is 0 Å². The molecule has 9 nitrogen and oxygen atoms in total. The quantitative estimate of drug-likeness (QED) is 0.128. The molecule has 2 heterocycles. The fourth-order valence-electron chi connectivity index (χ4n) is 5.80. The van der Waals surface area contributed by atoms with Crippen LogP contribution in [-0.4, -0.2) is 27.8 Å². The highest BCUT2D eigenvalue weighted by Gasteiger charge is 2.27. The standard InChI is InChI=1S/C35H34N4O5/c1-16(2)20-11-7-9-18(5)29(20)37-31(36)28-25(35(43)44)15-24(26-22-13-14-23(27(26)28)33(41)39-32(22)40)34(42)38-30-19(6)10-8-12-21(30)17(3)4/h7-17H,1-6H3,(H2,36,37)(H,38,42)(H,43,44)(H,39,40,41). The van der Waals surface area contributed by atoms with Gasteiger partial charge in [-0.05, 0) is 66.1 Å². The monoisotopic (exact) mass is 590 g/mol. The van der Waals surface area contributed by atoms with Crippen molar-refractivity contribution in [3.8, 4) is 0 Å². The number of aryl methyl sites for hydroxylation is 2. The van der Waals surface area contributed by atoms with Crippen LogP contribution >= 0.6 is 0 Å². The molecule has 0 aliphatic heterocycles. The molecule has 6 rings (SSSR count). The number of amidine groups is 1. The van der Waals surface area contributed by atoms with Gasteiger partial charge in [0.25, 0.3) is 17.0 Å². The number of benzene rings is 4. The molecule has 4 aromatic carbocycles. The fraction of sp³-hybridized carbons (Fsp3) is 0.229. The Morgan fingerprint density at radius 2 is 1.39 bits per heavy atom. The van der Waals surface area contributed by atoms with E-state index in [1.165, 1.54) is 18.2 Å². The highest BCUT2D eigenvalue weighted by atomic mass is 16.4. The zero-order chi connectivity index (χ0) is 32.0. The topological polar surface area (TPSA) is 155 Å². The lowest BCUT2D eigenvalue weighted by Crippen LogP contribution is -2.22. The molecule has 0 spiro atoms. The number of fused-ring (bicyclic) bond motifs is 3. The summed E-state index contributed by atoms with van der Waals surface area (Å²) < 4.78 is 0.